The minimum atomic E-state index is -0.873. The maximum atomic E-state index is 10.8. The summed E-state index contributed by atoms with van der Waals surface area (Å²) in [6, 6.07) is 3.83. The van der Waals surface area contributed by atoms with Crippen molar-refractivity contribution in [2.24, 2.45) is 0 Å². The second kappa shape index (κ2) is 6.73. The lowest BCUT2D eigenvalue weighted by molar-refractivity contribution is 0.150. The molecule has 0 unspecified atom stereocenters. The zero-order chi connectivity index (χ0) is 14.4. The topological polar surface area (TPSA) is 62.7 Å². The molecule has 0 atom stereocenters. The van der Waals surface area contributed by atoms with Gasteiger partial charge in [0.25, 0.3) is 0 Å². The van der Waals surface area contributed by atoms with Gasteiger partial charge in [-0.2, -0.15) is 0 Å². The highest BCUT2D eigenvalue weighted by molar-refractivity contribution is 5.71. The van der Waals surface area contributed by atoms with Gasteiger partial charge in [0.05, 0.1) is 0 Å². The number of pyridine rings is 1. The van der Waals surface area contributed by atoms with Gasteiger partial charge in [-0.1, -0.05) is 18.1 Å². The van der Waals surface area contributed by atoms with Gasteiger partial charge in [-0.3, -0.25) is 0 Å². The van der Waals surface area contributed by atoms with Crippen LogP contribution in [0.1, 0.15) is 17.7 Å². The maximum absolute atomic E-state index is 10.8. The Morgan fingerprint density at radius 3 is 2.95 bits per heavy atom. The van der Waals surface area contributed by atoms with Gasteiger partial charge in [0.1, 0.15) is 12.3 Å². The van der Waals surface area contributed by atoms with E-state index in [4.69, 9.17) is 9.84 Å². The Bertz CT molecular complexity index is 567. The zero-order valence-corrected chi connectivity index (χ0v) is 11.3. The highest BCUT2D eigenvalue weighted by Gasteiger charge is 2.16. The Kier molecular flexibility index (Phi) is 4.75. The van der Waals surface area contributed by atoms with E-state index < -0.39 is 6.09 Å². The maximum Gasteiger partial charge on any atom is 0.407 e. The average molecular weight is 272 g/mol. The summed E-state index contributed by atoms with van der Waals surface area (Å²) in [6.07, 6.45) is 3.55. The highest BCUT2D eigenvalue weighted by Crippen LogP contribution is 2.21. The van der Waals surface area contributed by atoms with Crippen molar-refractivity contribution in [3.05, 3.63) is 35.7 Å². The minimum Gasteiger partial charge on any atom is -0.465 e. The second-order valence-electron chi connectivity index (χ2n) is 4.37. The largest absolute Gasteiger partial charge is 0.465 e. The van der Waals surface area contributed by atoms with E-state index in [1.54, 1.807) is 13.3 Å². The van der Waals surface area contributed by atoms with Gasteiger partial charge < -0.3 is 14.7 Å². The molecule has 1 amide bonds. The van der Waals surface area contributed by atoms with Crippen LogP contribution in [0.4, 0.5) is 4.79 Å². The summed E-state index contributed by atoms with van der Waals surface area (Å²) in [5, 5.41) is 8.89. The normalized spacial score (nSPS) is 14.2. The lowest BCUT2D eigenvalue weighted by Crippen LogP contribution is -2.33. The third kappa shape index (κ3) is 3.59. The molecule has 5 nitrogen and oxygen atoms in total. The van der Waals surface area contributed by atoms with Gasteiger partial charge in [-0.15, -0.1) is 0 Å². The third-order valence-electron chi connectivity index (χ3n) is 3.05. The van der Waals surface area contributed by atoms with E-state index in [1.807, 2.05) is 18.2 Å². The molecular weight excluding hydrogens is 256 g/mol. The Hall–Kier alpha value is -2.32. The van der Waals surface area contributed by atoms with Crippen molar-refractivity contribution < 1.29 is 14.6 Å². The van der Waals surface area contributed by atoms with Crippen LogP contribution in [0.5, 0.6) is 0 Å². The summed E-state index contributed by atoms with van der Waals surface area (Å²) >= 11 is 0. The number of hydrogen-bond donors (Lipinski definition) is 1. The first kappa shape index (κ1) is 14.1. The van der Waals surface area contributed by atoms with Crippen LogP contribution in [-0.2, 0) is 4.74 Å². The summed E-state index contributed by atoms with van der Waals surface area (Å²) in [7, 11) is 1.60. The lowest BCUT2D eigenvalue weighted by atomic mass is 10.0. The van der Waals surface area contributed by atoms with Crippen LogP contribution in [0, 0.1) is 11.8 Å². The zero-order valence-electron chi connectivity index (χ0n) is 11.3. The molecule has 2 heterocycles. The molecule has 0 radical (unpaired) electrons. The van der Waals surface area contributed by atoms with Gasteiger partial charge in [-0.25, -0.2) is 9.78 Å². The number of aromatic nitrogens is 1. The van der Waals surface area contributed by atoms with Crippen LogP contribution in [0.15, 0.2) is 24.4 Å². The molecular formula is C15H16N2O3. The predicted molar refractivity (Wildman–Crippen MR) is 75.2 cm³/mol. The molecule has 1 aromatic heterocycles. The predicted octanol–water partition coefficient (Wildman–Crippen LogP) is 1.85. The van der Waals surface area contributed by atoms with E-state index in [-0.39, 0.29) is 0 Å². The molecule has 20 heavy (non-hydrogen) atoms. The molecule has 1 N–H and O–H groups in total. The Balaban J connectivity index is 2.04. The number of methoxy groups -OCH3 is 1. The summed E-state index contributed by atoms with van der Waals surface area (Å²) in [5.41, 5.74) is 2.85. The summed E-state index contributed by atoms with van der Waals surface area (Å²) in [5.74, 6) is 5.75. The number of nitrogens with zero attached hydrogens (tertiary/aromatic N) is 2. The third-order valence-corrected chi connectivity index (χ3v) is 3.05. The molecule has 0 aromatic carbocycles. The van der Waals surface area contributed by atoms with Crippen molar-refractivity contribution in [2.75, 3.05) is 26.8 Å². The van der Waals surface area contributed by atoms with Crippen LogP contribution >= 0.6 is 0 Å². The molecule has 1 aliphatic rings. The molecule has 0 saturated heterocycles. The average Bonchev–Trinajstić information content (AvgIpc) is 2.48. The number of carbonyl (C=O) groups is 1. The summed E-state index contributed by atoms with van der Waals surface area (Å²) in [4.78, 5) is 16.5. The molecule has 5 heteroatoms. The van der Waals surface area contributed by atoms with Gasteiger partial charge in [0, 0.05) is 26.4 Å². The summed E-state index contributed by atoms with van der Waals surface area (Å²) < 4.78 is 4.85. The smallest absolute Gasteiger partial charge is 0.407 e. The first-order valence-corrected chi connectivity index (χ1v) is 6.32. The second-order valence-corrected chi connectivity index (χ2v) is 4.37. The molecule has 1 aliphatic heterocycles. The molecule has 1 aromatic rings. The van der Waals surface area contributed by atoms with Gasteiger partial charge >= 0.3 is 6.09 Å². The van der Waals surface area contributed by atoms with Crippen LogP contribution in [-0.4, -0.2) is 47.9 Å². The van der Waals surface area contributed by atoms with Crippen LogP contribution < -0.4 is 0 Å². The van der Waals surface area contributed by atoms with Gasteiger partial charge in [0.15, 0.2) is 0 Å². The fourth-order valence-electron chi connectivity index (χ4n) is 1.96. The van der Waals surface area contributed by atoms with Gasteiger partial charge in [0.2, 0.25) is 0 Å². The van der Waals surface area contributed by atoms with E-state index in [0.29, 0.717) is 31.8 Å². The van der Waals surface area contributed by atoms with Crippen molar-refractivity contribution in [2.45, 2.75) is 6.42 Å². The number of hydrogen-bond acceptors (Lipinski definition) is 3. The van der Waals surface area contributed by atoms with E-state index in [0.717, 1.165) is 11.1 Å². The molecule has 2 rings (SSSR count). The Labute approximate surface area is 117 Å². The fraction of sp³-hybridized carbons (Fsp3) is 0.333. The van der Waals surface area contributed by atoms with E-state index in [1.165, 1.54) is 4.90 Å². The molecule has 0 spiro atoms. The SMILES string of the molecule is COCC#Cc1ccc(C2=CCN(C(=O)O)CC2)cn1. The Morgan fingerprint density at radius 1 is 1.55 bits per heavy atom. The van der Waals surface area contributed by atoms with Crippen molar-refractivity contribution in [1.29, 1.82) is 0 Å². The molecule has 0 saturated carbocycles. The molecule has 0 bridgehead atoms. The highest BCUT2D eigenvalue weighted by atomic mass is 16.5. The standard InChI is InChI=1S/C15H16N2O3/c1-20-10-2-3-14-5-4-13(11-16-14)12-6-8-17(9-7-12)15(18)19/h4-6,11H,7-10H2,1H3,(H,18,19). The molecule has 104 valence electrons. The van der Waals surface area contributed by atoms with E-state index in [2.05, 4.69) is 16.8 Å². The molecule has 0 fully saturated rings. The minimum absolute atomic E-state index is 0.388. The monoisotopic (exact) mass is 272 g/mol. The molecule has 0 aliphatic carbocycles. The number of carboxylic acid groups (broad SMARTS) is 1. The first-order chi connectivity index (χ1) is 9.70. The quantitative estimate of drug-likeness (QED) is 0.834. The first-order valence-electron chi connectivity index (χ1n) is 6.32. The number of ether oxygens (including phenoxy) is 1. The number of amides is 1. The van der Waals surface area contributed by atoms with Crippen LogP contribution in [0.25, 0.3) is 5.57 Å². The van der Waals surface area contributed by atoms with E-state index >= 15 is 0 Å². The fourth-order valence-corrected chi connectivity index (χ4v) is 1.96. The summed E-state index contributed by atoms with van der Waals surface area (Å²) in [6.45, 7) is 1.34. The van der Waals surface area contributed by atoms with Crippen molar-refractivity contribution in [3.63, 3.8) is 0 Å². The van der Waals surface area contributed by atoms with Crippen molar-refractivity contribution in [1.82, 2.24) is 9.88 Å². The van der Waals surface area contributed by atoms with Crippen molar-refractivity contribution >= 4 is 11.7 Å². The van der Waals surface area contributed by atoms with Crippen LogP contribution in [0.3, 0.4) is 0 Å². The Morgan fingerprint density at radius 2 is 2.40 bits per heavy atom. The van der Waals surface area contributed by atoms with Gasteiger partial charge in [-0.05, 0) is 29.5 Å². The number of rotatable bonds is 2. The van der Waals surface area contributed by atoms with E-state index in [9.17, 15) is 4.79 Å². The van der Waals surface area contributed by atoms with Crippen LogP contribution in [0.2, 0.25) is 0 Å². The lowest BCUT2D eigenvalue weighted by Gasteiger charge is -2.23. The van der Waals surface area contributed by atoms with Crippen molar-refractivity contribution in [3.8, 4) is 11.8 Å².